The molecule has 31 heavy (non-hydrogen) atoms. The number of likely N-dealkylation sites (tertiary alicyclic amines) is 1. The maximum absolute atomic E-state index is 14.1. The largest absolute Gasteiger partial charge is 0.324 e. The van der Waals surface area contributed by atoms with E-state index in [4.69, 9.17) is 0 Å². The number of carbonyl (C=O) groups excluding carboxylic acids is 3. The van der Waals surface area contributed by atoms with Crippen molar-refractivity contribution >= 4 is 23.4 Å². The van der Waals surface area contributed by atoms with Gasteiger partial charge in [-0.15, -0.1) is 0 Å². The van der Waals surface area contributed by atoms with E-state index in [1.807, 2.05) is 13.8 Å². The van der Waals surface area contributed by atoms with E-state index < -0.39 is 46.9 Å². The molecule has 8 heteroatoms. The summed E-state index contributed by atoms with van der Waals surface area (Å²) in [6, 6.07) is 9.09. The molecule has 3 aliphatic heterocycles. The first-order valence-corrected chi connectivity index (χ1v) is 10.2. The van der Waals surface area contributed by atoms with Crippen molar-refractivity contribution in [2.45, 2.75) is 32.0 Å². The van der Waals surface area contributed by atoms with Gasteiger partial charge in [-0.2, -0.15) is 0 Å². The number of hydrogen-bond donors (Lipinski definition) is 2. The Hall–Kier alpha value is -3.13. The van der Waals surface area contributed by atoms with Gasteiger partial charge in [0.2, 0.25) is 17.7 Å². The summed E-state index contributed by atoms with van der Waals surface area (Å²) in [5.74, 6) is -4.06. The average molecular weight is 425 g/mol. The Morgan fingerprint density at radius 1 is 1.00 bits per heavy atom. The van der Waals surface area contributed by atoms with Crippen LogP contribution in [0.3, 0.4) is 0 Å². The number of benzene rings is 2. The van der Waals surface area contributed by atoms with Crippen LogP contribution in [-0.4, -0.2) is 28.7 Å². The summed E-state index contributed by atoms with van der Waals surface area (Å²) in [6.07, 6.45) is 0. The third-order valence-corrected chi connectivity index (χ3v) is 6.68. The Bertz CT molecular complexity index is 1120. The SMILES string of the molecule is CC(C)[C@@H]1N[C@]2(C(=O)Nc3ccc(F)cc32)[C@@H]2C(=O)N(Cc3ccc(F)cc3)C(=O)[C@@H]21. The van der Waals surface area contributed by atoms with Crippen molar-refractivity contribution in [2.24, 2.45) is 17.8 Å². The maximum atomic E-state index is 14.1. The van der Waals surface area contributed by atoms with Crippen LogP contribution in [-0.2, 0) is 26.5 Å². The zero-order valence-electron chi connectivity index (χ0n) is 17.0. The Morgan fingerprint density at radius 2 is 1.68 bits per heavy atom. The number of nitrogens with one attached hydrogen (secondary N) is 2. The second-order valence-corrected chi connectivity index (χ2v) is 8.76. The number of imide groups is 1. The summed E-state index contributed by atoms with van der Waals surface area (Å²) in [7, 11) is 0. The zero-order valence-corrected chi connectivity index (χ0v) is 17.0. The van der Waals surface area contributed by atoms with Crippen LogP contribution in [0.25, 0.3) is 0 Å². The molecule has 0 saturated carbocycles. The topological polar surface area (TPSA) is 78.5 Å². The Kier molecular flexibility index (Phi) is 4.27. The van der Waals surface area contributed by atoms with E-state index in [-0.39, 0.29) is 18.4 Å². The lowest BCUT2D eigenvalue weighted by Gasteiger charge is -2.30. The number of rotatable bonds is 3. The van der Waals surface area contributed by atoms with Gasteiger partial charge in [0.05, 0.1) is 18.4 Å². The summed E-state index contributed by atoms with van der Waals surface area (Å²) in [5.41, 5.74) is -0.130. The zero-order chi connectivity index (χ0) is 22.1. The van der Waals surface area contributed by atoms with Gasteiger partial charge < -0.3 is 5.32 Å². The Labute approximate surface area is 177 Å². The van der Waals surface area contributed by atoms with Crippen LogP contribution in [0.5, 0.6) is 0 Å². The molecule has 1 spiro atoms. The number of halogens is 2. The summed E-state index contributed by atoms with van der Waals surface area (Å²) in [6.45, 7) is 3.81. The second kappa shape index (κ2) is 6.68. The summed E-state index contributed by atoms with van der Waals surface area (Å²) in [5, 5.41) is 6.00. The quantitative estimate of drug-likeness (QED) is 0.741. The molecular weight excluding hydrogens is 404 g/mol. The Balaban J connectivity index is 1.61. The van der Waals surface area contributed by atoms with Gasteiger partial charge in [-0.1, -0.05) is 26.0 Å². The molecule has 0 aliphatic carbocycles. The standard InChI is InChI=1S/C23H21F2N3O3/c1-11(2)19-17-18(21(30)28(20(17)29)10-12-3-5-13(24)6-4-12)23(27-19)15-9-14(25)7-8-16(15)26-22(23)31/h3-9,11,17-19,27H,10H2,1-2H3,(H,26,31)/t17-,18-,19-,23-/m0/s1. The minimum absolute atomic E-state index is 0.0104. The summed E-state index contributed by atoms with van der Waals surface area (Å²) >= 11 is 0. The minimum Gasteiger partial charge on any atom is -0.324 e. The van der Waals surface area contributed by atoms with Gasteiger partial charge in [-0.25, -0.2) is 8.78 Å². The molecule has 2 aromatic carbocycles. The molecule has 6 nitrogen and oxygen atoms in total. The minimum atomic E-state index is -1.51. The molecule has 5 rings (SSSR count). The Morgan fingerprint density at radius 3 is 2.35 bits per heavy atom. The number of amides is 3. The predicted molar refractivity (Wildman–Crippen MR) is 107 cm³/mol. The van der Waals surface area contributed by atoms with E-state index >= 15 is 0 Å². The molecule has 3 aliphatic rings. The first-order valence-electron chi connectivity index (χ1n) is 10.2. The third kappa shape index (κ3) is 2.67. The van der Waals surface area contributed by atoms with E-state index in [9.17, 15) is 23.2 Å². The maximum Gasteiger partial charge on any atom is 0.250 e. The molecule has 0 aromatic heterocycles. The monoisotopic (exact) mass is 425 g/mol. The molecule has 2 aromatic rings. The molecule has 2 N–H and O–H groups in total. The molecule has 2 fully saturated rings. The first kappa shape index (κ1) is 19.8. The van der Waals surface area contributed by atoms with E-state index in [2.05, 4.69) is 10.6 Å². The second-order valence-electron chi connectivity index (χ2n) is 8.76. The first-order chi connectivity index (χ1) is 14.7. The van der Waals surface area contributed by atoms with Crippen LogP contribution in [0.2, 0.25) is 0 Å². The highest BCUT2D eigenvalue weighted by molar-refractivity contribution is 6.15. The molecule has 2 saturated heterocycles. The van der Waals surface area contributed by atoms with Gasteiger partial charge in [0.25, 0.3) is 0 Å². The van der Waals surface area contributed by atoms with E-state index in [1.54, 1.807) is 0 Å². The van der Waals surface area contributed by atoms with Crippen LogP contribution >= 0.6 is 0 Å². The van der Waals surface area contributed by atoms with E-state index in [1.165, 1.54) is 42.5 Å². The number of nitrogens with zero attached hydrogens (tertiary/aromatic N) is 1. The predicted octanol–water partition coefficient (Wildman–Crippen LogP) is 2.54. The lowest BCUT2D eigenvalue weighted by molar-refractivity contribution is -0.143. The third-order valence-electron chi connectivity index (χ3n) is 6.68. The number of hydrogen-bond acceptors (Lipinski definition) is 4. The lowest BCUT2D eigenvalue weighted by atomic mass is 9.76. The highest BCUT2D eigenvalue weighted by Crippen LogP contribution is 2.54. The van der Waals surface area contributed by atoms with Gasteiger partial charge in [0.1, 0.15) is 17.2 Å². The van der Waals surface area contributed by atoms with Crippen molar-refractivity contribution in [2.75, 3.05) is 5.32 Å². The summed E-state index contributed by atoms with van der Waals surface area (Å²) < 4.78 is 27.4. The fourth-order valence-electron chi connectivity index (χ4n) is 5.27. The van der Waals surface area contributed by atoms with E-state index in [0.717, 1.165) is 4.90 Å². The molecule has 3 amide bonds. The molecule has 160 valence electrons. The van der Waals surface area contributed by atoms with Gasteiger partial charge >= 0.3 is 0 Å². The molecule has 4 atom stereocenters. The van der Waals surface area contributed by atoms with Gasteiger partial charge in [-0.3, -0.25) is 24.6 Å². The lowest BCUT2D eigenvalue weighted by Crippen LogP contribution is -2.53. The van der Waals surface area contributed by atoms with Crippen molar-refractivity contribution in [1.29, 1.82) is 0 Å². The molecular formula is C23H21F2N3O3. The highest BCUT2D eigenvalue weighted by atomic mass is 19.1. The molecule has 0 unspecified atom stereocenters. The normalized spacial score (nSPS) is 29.1. The number of carbonyl (C=O) groups is 3. The number of anilines is 1. The molecule has 3 heterocycles. The van der Waals surface area contributed by atoms with Crippen molar-refractivity contribution in [3.63, 3.8) is 0 Å². The molecule has 0 bridgehead atoms. The fraction of sp³-hybridized carbons (Fsp3) is 0.348. The van der Waals surface area contributed by atoms with Crippen molar-refractivity contribution < 1.29 is 23.2 Å². The van der Waals surface area contributed by atoms with Crippen molar-refractivity contribution in [3.05, 3.63) is 65.2 Å². The molecule has 0 radical (unpaired) electrons. The highest BCUT2D eigenvalue weighted by Gasteiger charge is 2.70. The van der Waals surface area contributed by atoms with Crippen molar-refractivity contribution in [3.8, 4) is 0 Å². The van der Waals surface area contributed by atoms with Gasteiger partial charge in [0, 0.05) is 17.3 Å². The average Bonchev–Trinajstić information content (AvgIpc) is 3.31. The number of fused-ring (bicyclic) bond motifs is 4. The van der Waals surface area contributed by atoms with Crippen LogP contribution < -0.4 is 10.6 Å². The van der Waals surface area contributed by atoms with Gasteiger partial charge in [0.15, 0.2) is 0 Å². The summed E-state index contributed by atoms with van der Waals surface area (Å²) in [4.78, 5) is 41.3. The van der Waals surface area contributed by atoms with E-state index in [0.29, 0.717) is 16.8 Å². The van der Waals surface area contributed by atoms with Crippen molar-refractivity contribution in [1.82, 2.24) is 10.2 Å². The van der Waals surface area contributed by atoms with Crippen LogP contribution in [0, 0.1) is 29.4 Å². The van der Waals surface area contributed by atoms with Gasteiger partial charge in [-0.05, 0) is 41.8 Å². The van der Waals surface area contributed by atoms with Crippen LogP contribution in [0.4, 0.5) is 14.5 Å². The smallest absolute Gasteiger partial charge is 0.250 e. The fourth-order valence-corrected chi connectivity index (χ4v) is 5.27. The van der Waals surface area contributed by atoms with Crippen LogP contribution in [0.15, 0.2) is 42.5 Å². The van der Waals surface area contributed by atoms with Crippen LogP contribution in [0.1, 0.15) is 25.0 Å².